The SMILES string of the molecule is CCc1ncnc(N(C)C)n1. The second-order valence-corrected chi connectivity index (χ2v) is 2.45. The van der Waals surface area contributed by atoms with Gasteiger partial charge in [0.05, 0.1) is 0 Å². The molecule has 0 unspecified atom stereocenters. The molecule has 4 heteroatoms. The van der Waals surface area contributed by atoms with Crippen molar-refractivity contribution in [1.82, 2.24) is 15.0 Å². The first-order valence-electron chi connectivity index (χ1n) is 3.59. The molecule has 1 heterocycles. The number of anilines is 1. The van der Waals surface area contributed by atoms with Crippen LogP contribution in [-0.4, -0.2) is 29.0 Å². The smallest absolute Gasteiger partial charge is 0.228 e. The molecule has 0 aliphatic rings. The lowest BCUT2D eigenvalue weighted by Gasteiger charge is -2.08. The van der Waals surface area contributed by atoms with Crippen molar-refractivity contribution in [3.05, 3.63) is 12.2 Å². The average molecular weight is 152 g/mol. The van der Waals surface area contributed by atoms with Gasteiger partial charge in [0.1, 0.15) is 12.2 Å². The minimum Gasteiger partial charge on any atom is -0.347 e. The maximum absolute atomic E-state index is 4.19. The molecule has 0 aliphatic heterocycles. The van der Waals surface area contributed by atoms with Crippen molar-refractivity contribution in [2.75, 3.05) is 19.0 Å². The third kappa shape index (κ3) is 1.86. The molecule has 0 radical (unpaired) electrons. The van der Waals surface area contributed by atoms with Gasteiger partial charge < -0.3 is 4.90 Å². The van der Waals surface area contributed by atoms with Crippen LogP contribution in [0.1, 0.15) is 12.7 Å². The van der Waals surface area contributed by atoms with Crippen molar-refractivity contribution in [2.45, 2.75) is 13.3 Å². The van der Waals surface area contributed by atoms with Crippen LogP contribution in [0, 0.1) is 0 Å². The Kier molecular flexibility index (Phi) is 2.36. The molecule has 0 atom stereocenters. The van der Waals surface area contributed by atoms with Crippen LogP contribution >= 0.6 is 0 Å². The molecule has 4 nitrogen and oxygen atoms in total. The molecular formula is C7H12N4. The van der Waals surface area contributed by atoms with Gasteiger partial charge in [-0.25, -0.2) is 9.97 Å². The first kappa shape index (κ1) is 7.91. The highest BCUT2D eigenvalue weighted by Gasteiger charge is 1.98. The predicted octanol–water partition coefficient (Wildman–Crippen LogP) is 0.500. The molecule has 1 rings (SSSR count). The van der Waals surface area contributed by atoms with E-state index in [0.717, 1.165) is 18.2 Å². The molecule has 0 saturated heterocycles. The Morgan fingerprint density at radius 2 is 2.09 bits per heavy atom. The van der Waals surface area contributed by atoms with Gasteiger partial charge in [0.25, 0.3) is 0 Å². The maximum Gasteiger partial charge on any atom is 0.228 e. The van der Waals surface area contributed by atoms with Crippen molar-refractivity contribution in [3.63, 3.8) is 0 Å². The summed E-state index contributed by atoms with van der Waals surface area (Å²) in [4.78, 5) is 14.0. The van der Waals surface area contributed by atoms with E-state index in [1.54, 1.807) is 6.33 Å². The summed E-state index contributed by atoms with van der Waals surface area (Å²) in [6.07, 6.45) is 2.39. The average Bonchev–Trinajstić information content (AvgIpc) is 2.05. The molecule has 0 amide bonds. The summed E-state index contributed by atoms with van der Waals surface area (Å²) in [5.74, 6) is 1.56. The van der Waals surface area contributed by atoms with Gasteiger partial charge in [0.2, 0.25) is 5.95 Å². The molecule has 0 bridgehead atoms. The first-order chi connectivity index (χ1) is 5.24. The highest BCUT2D eigenvalue weighted by molar-refractivity contribution is 5.24. The lowest BCUT2D eigenvalue weighted by atomic mass is 10.5. The summed E-state index contributed by atoms with van der Waals surface area (Å²) in [5.41, 5.74) is 0. The zero-order valence-corrected chi connectivity index (χ0v) is 7.07. The van der Waals surface area contributed by atoms with E-state index in [1.807, 2.05) is 25.9 Å². The van der Waals surface area contributed by atoms with Crippen LogP contribution in [0.25, 0.3) is 0 Å². The summed E-state index contributed by atoms with van der Waals surface area (Å²) in [6.45, 7) is 2.02. The van der Waals surface area contributed by atoms with Gasteiger partial charge in [-0.2, -0.15) is 4.98 Å². The van der Waals surface area contributed by atoms with Crippen molar-refractivity contribution < 1.29 is 0 Å². The van der Waals surface area contributed by atoms with Crippen molar-refractivity contribution in [3.8, 4) is 0 Å². The van der Waals surface area contributed by atoms with Crippen LogP contribution < -0.4 is 4.90 Å². The molecule has 0 fully saturated rings. The molecule has 1 aromatic rings. The molecule has 0 aromatic carbocycles. The molecule has 0 N–H and O–H groups in total. The van der Waals surface area contributed by atoms with Gasteiger partial charge in [-0.05, 0) is 0 Å². The van der Waals surface area contributed by atoms with E-state index < -0.39 is 0 Å². The van der Waals surface area contributed by atoms with Gasteiger partial charge >= 0.3 is 0 Å². The van der Waals surface area contributed by atoms with Crippen LogP contribution in [-0.2, 0) is 6.42 Å². The Morgan fingerprint density at radius 3 is 2.64 bits per heavy atom. The second kappa shape index (κ2) is 3.27. The highest BCUT2D eigenvalue weighted by atomic mass is 15.2. The van der Waals surface area contributed by atoms with E-state index in [9.17, 15) is 0 Å². The monoisotopic (exact) mass is 152 g/mol. The van der Waals surface area contributed by atoms with Gasteiger partial charge in [-0.1, -0.05) is 6.92 Å². The number of hydrogen-bond donors (Lipinski definition) is 0. The molecule has 11 heavy (non-hydrogen) atoms. The van der Waals surface area contributed by atoms with Crippen molar-refractivity contribution in [2.24, 2.45) is 0 Å². The fraction of sp³-hybridized carbons (Fsp3) is 0.571. The molecule has 0 saturated carbocycles. The summed E-state index contributed by atoms with van der Waals surface area (Å²) in [6, 6.07) is 0. The van der Waals surface area contributed by atoms with Crippen molar-refractivity contribution >= 4 is 5.95 Å². The third-order valence-electron chi connectivity index (χ3n) is 1.33. The topological polar surface area (TPSA) is 41.9 Å². The summed E-state index contributed by atoms with van der Waals surface area (Å²) >= 11 is 0. The summed E-state index contributed by atoms with van der Waals surface area (Å²) in [7, 11) is 3.82. The standard InChI is InChI=1S/C7H12N4/c1-4-6-8-5-9-7(10-6)11(2)3/h5H,4H2,1-3H3. The van der Waals surface area contributed by atoms with Crippen LogP contribution in [0.5, 0.6) is 0 Å². The van der Waals surface area contributed by atoms with Crippen molar-refractivity contribution in [1.29, 1.82) is 0 Å². The molecule has 0 aliphatic carbocycles. The first-order valence-corrected chi connectivity index (χ1v) is 3.59. The minimum absolute atomic E-state index is 0.719. The lowest BCUT2D eigenvalue weighted by Crippen LogP contribution is -2.13. The number of rotatable bonds is 2. The van der Waals surface area contributed by atoms with E-state index >= 15 is 0 Å². The van der Waals surface area contributed by atoms with Crippen LogP contribution in [0.2, 0.25) is 0 Å². The Bertz CT molecular complexity index is 234. The Morgan fingerprint density at radius 1 is 1.36 bits per heavy atom. The fourth-order valence-electron chi connectivity index (χ4n) is 0.706. The van der Waals surface area contributed by atoms with E-state index in [1.165, 1.54) is 0 Å². The number of aromatic nitrogens is 3. The zero-order valence-electron chi connectivity index (χ0n) is 7.07. The van der Waals surface area contributed by atoms with Crippen LogP contribution in [0.15, 0.2) is 6.33 Å². The Balaban J connectivity index is 2.91. The largest absolute Gasteiger partial charge is 0.347 e. The predicted molar refractivity (Wildman–Crippen MR) is 43.5 cm³/mol. The lowest BCUT2D eigenvalue weighted by molar-refractivity contribution is 0.868. The van der Waals surface area contributed by atoms with Gasteiger partial charge in [0.15, 0.2) is 0 Å². The maximum atomic E-state index is 4.19. The third-order valence-corrected chi connectivity index (χ3v) is 1.33. The second-order valence-electron chi connectivity index (χ2n) is 2.45. The van der Waals surface area contributed by atoms with Crippen LogP contribution in [0.3, 0.4) is 0 Å². The van der Waals surface area contributed by atoms with E-state index in [2.05, 4.69) is 15.0 Å². The van der Waals surface area contributed by atoms with E-state index in [4.69, 9.17) is 0 Å². The molecular weight excluding hydrogens is 140 g/mol. The Labute approximate surface area is 66.3 Å². The molecule has 1 aromatic heterocycles. The van der Waals surface area contributed by atoms with Gasteiger partial charge in [-0.3, -0.25) is 0 Å². The number of aryl methyl sites for hydroxylation is 1. The number of nitrogens with zero attached hydrogens (tertiary/aromatic N) is 4. The summed E-state index contributed by atoms with van der Waals surface area (Å²) < 4.78 is 0. The molecule has 60 valence electrons. The number of hydrogen-bond acceptors (Lipinski definition) is 4. The van der Waals surface area contributed by atoms with Gasteiger partial charge in [0, 0.05) is 20.5 Å². The minimum atomic E-state index is 0.719. The van der Waals surface area contributed by atoms with Gasteiger partial charge in [-0.15, -0.1) is 0 Å². The van der Waals surface area contributed by atoms with Crippen LogP contribution in [0.4, 0.5) is 5.95 Å². The highest BCUT2D eigenvalue weighted by Crippen LogP contribution is 2.00. The molecule has 0 spiro atoms. The van der Waals surface area contributed by atoms with E-state index in [-0.39, 0.29) is 0 Å². The Hall–Kier alpha value is -1.19. The summed E-state index contributed by atoms with van der Waals surface area (Å²) in [5, 5.41) is 0. The zero-order chi connectivity index (χ0) is 8.27. The quantitative estimate of drug-likeness (QED) is 0.619. The normalized spacial score (nSPS) is 9.73. The fourth-order valence-corrected chi connectivity index (χ4v) is 0.706. The van der Waals surface area contributed by atoms with E-state index in [0.29, 0.717) is 0 Å².